The molecular weight excluding hydrogens is 605 g/mol. The largest absolute Gasteiger partial charge is 0.481 e. The van der Waals surface area contributed by atoms with Gasteiger partial charge in [0.25, 0.3) is 5.91 Å². The van der Waals surface area contributed by atoms with Crippen LogP contribution in [0.4, 0.5) is 10.1 Å². The number of amides is 1. The number of hydrogen-bond donors (Lipinski definition) is 3. The van der Waals surface area contributed by atoms with E-state index in [2.05, 4.69) is 10.6 Å². The Labute approximate surface area is 261 Å². The van der Waals surface area contributed by atoms with Gasteiger partial charge in [-0.2, -0.15) is 12.3 Å². The fraction of sp³-hybridized carbons (Fsp3) is 0.394. The smallest absolute Gasteiger partial charge is 0.332 e. The summed E-state index contributed by atoms with van der Waals surface area (Å²) in [7, 11) is -4.20. The highest BCUT2D eigenvalue weighted by Gasteiger charge is 2.70. The summed E-state index contributed by atoms with van der Waals surface area (Å²) in [6.07, 6.45) is 3.08. The van der Waals surface area contributed by atoms with E-state index in [1.165, 1.54) is 12.1 Å². The number of benzene rings is 3. The van der Waals surface area contributed by atoms with Crippen molar-refractivity contribution in [2.75, 3.05) is 19.6 Å². The van der Waals surface area contributed by atoms with E-state index in [0.717, 1.165) is 36.1 Å². The molecule has 8 nitrogen and oxygen atoms in total. The number of carbonyl (C=O) groups is 2. The average Bonchev–Trinajstić information content (AvgIpc) is 3.82. The highest BCUT2D eigenvalue weighted by Crippen LogP contribution is 2.62. The number of sulfonamides is 1. The molecule has 1 aliphatic carbocycles. The van der Waals surface area contributed by atoms with Crippen molar-refractivity contribution in [1.29, 1.82) is 0 Å². The first-order valence-electron chi connectivity index (χ1n) is 15.1. The van der Waals surface area contributed by atoms with Crippen LogP contribution in [-0.4, -0.2) is 51.1 Å². The van der Waals surface area contributed by atoms with Gasteiger partial charge >= 0.3 is 16.0 Å². The minimum Gasteiger partial charge on any atom is -0.481 e. The average molecular weight is 641 g/mol. The number of hydrogen-bond acceptors (Lipinski definition) is 5. The Morgan fingerprint density at radius 1 is 1.05 bits per heavy atom. The number of nitrogens with zero attached hydrogens (tertiary/aromatic N) is 1. The molecule has 1 saturated heterocycles. The molecule has 3 aromatic carbocycles. The number of carboxylic acid groups (broad SMARTS) is 1. The van der Waals surface area contributed by atoms with Gasteiger partial charge in [0.1, 0.15) is 16.8 Å². The van der Waals surface area contributed by atoms with Crippen LogP contribution in [0.5, 0.6) is 0 Å². The fourth-order valence-electron chi connectivity index (χ4n) is 7.59. The summed E-state index contributed by atoms with van der Waals surface area (Å²) < 4.78 is 43.5. The highest BCUT2D eigenvalue weighted by molar-refractivity contribution is 7.91. The molecule has 1 saturated carbocycles. The van der Waals surface area contributed by atoms with Gasteiger partial charge < -0.3 is 15.7 Å². The van der Waals surface area contributed by atoms with Gasteiger partial charge in [-0.1, -0.05) is 29.8 Å². The number of rotatable bonds is 10. The molecule has 11 heteroatoms. The Hall–Kier alpha value is -3.31. The lowest BCUT2D eigenvalue weighted by Gasteiger charge is -2.45. The van der Waals surface area contributed by atoms with Gasteiger partial charge in [-0.05, 0) is 86.8 Å². The van der Waals surface area contributed by atoms with Crippen molar-refractivity contribution in [1.82, 2.24) is 14.5 Å². The zero-order valence-electron chi connectivity index (χ0n) is 24.3. The van der Waals surface area contributed by atoms with Gasteiger partial charge in [0.15, 0.2) is 5.69 Å². The maximum atomic E-state index is 15.0. The zero-order valence-corrected chi connectivity index (χ0v) is 25.8. The number of aliphatic carboxylic acids is 1. The van der Waals surface area contributed by atoms with Gasteiger partial charge in [-0.3, -0.25) is 9.59 Å². The molecule has 3 aliphatic rings. The van der Waals surface area contributed by atoms with Crippen molar-refractivity contribution < 1.29 is 27.5 Å². The molecule has 2 heterocycles. The summed E-state index contributed by atoms with van der Waals surface area (Å²) in [6.45, 7) is 1.69. The minimum absolute atomic E-state index is 0.00151. The second-order valence-electron chi connectivity index (χ2n) is 12.1. The quantitative estimate of drug-likeness (QED) is 0.257. The van der Waals surface area contributed by atoms with Crippen LogP contribution in [0.2, 0.25) is 5.02 Å². The van der Waals surface area contributed by atoms with Gasteiger partial charge in [0.2, 0.25) is 0 Å². The van der Waals surface area contributed by atoms with E-state index in [1.54, 1.807) is 18.2 Å². The van der Waals surface area contributed by atoms with Crippen molar-refractivity contribution in [3.8, 4) is 0 Å². The molecule has 0 aromatic heterocycles. The van der Waals surface area contributed by atoms with Crippen LogP contribution in [0, 0.1) is 11.7 Å². The summed E-state index contributed by atoms with van der Waals surface area (Å²) >= 11 is 6.30. The number of halogens is 2. The molecule has 1 spiro atoms. The molecule has 44 heavy (non-hydrogen) atoms. The van der Waals surface area contributed by atoms with Crippen LogP contribution >= 0.6 is 11.6 Å². The van der Waals surface area contributed by atoms with Crippen molar-refractivity contribution in [3.05, 3.63) is 94.3 Å². The Balaban J connectivity index is 1.50. The normalized spacial score (nSPS) is 22.5. The number of fused-ring (bicyclic) bond motifs is 2. The van der Waals surface area contributed by atoms with Crippen LogP contribution in [0.25, 0.3) is 0 Å². The summed E-state index contributed by atoms with van der Waals surface area (Å²) in [5.41, 5.74) is 2.08. The van der Waals surface area contributed by atoms with E-state index >= 15 is 0 Å². The van der Waals surface area contributed by atoms with Gasteiger partial charge in [-0.25, -0.2) is 4.39 Å². The molecule has 3 N–H and O–H groups in total. The van der Waals surface area contributed by atoms with E-state index in [9.17, 15) is 27.5 Å². The van der Waals surface area contributed by atoms with E-state index in [1.807, 2.05) is 24.3 Å². The number of quaternary nitrogens is 1. The zero-order chi connectivity index (χ0) is 31.1. The van der Waals surface area contributed by atoms with Crippen molar-refractivity contribution >= 4 is 39.2 Å². The molecule has 2 aliphatic heterocycles. The third-order valence-electron chi connectivity index (χ3n) is 9.60. The molecular formula is C33H36ClFN3O5S+. The van der Waals surface area contributed by atoms with Crippen molar-refractivity contribution in [2.45, 2.75) is 61.4 Å². The predicted molar refractivity (Wildman–Crippen MR) is 166 cm³/mol. The first-order chi connectivity index (χ1) is 21.1. The van der Waals surface area contributed by atoms with Gasteiger partial charge in [-0.15, -0.1) is 0 Å². The molecule has 2 fully saturated rings. The molecule has 0 radical (unpaired) electrons. The molecule has 2 atom stereocenters. The van der Waals surface area contributed by atoms with E-state index < -0.39 is 31.1 Å². The van der Waals surface area contributed by atoms with Crippen molar-refractivity contribution in [2.24, 2.45) is 5.92 Å². The van der Waals surface area contributed by atoms with Crippen LogP contribution in [-0.2, 0) is 26.8 Å². The maximum absolute atomic E-state index is 15.0. The number of piperidine rings is 1. The SMILES string of the molecule is O=C(O)CCC[N+]1(S(=O)(=O)c2ccc(F)cc2)c2ccc(C(=O)NCc3ccccc3Cl)cc2C2(CCNCC2)C1C1CC1. The summed E-state index contributed by atoms with van der Waals surface area (Å²) in [4.78, 5) is 25.1. The molecule has 0 bridgehead atoms. The molecule has 2 unspecified atom stereocenters. The standard InChI is InChI=1S/C33H35ClFN3O5S/c34-28-5-2-1-4-24(28)21-37-32(41)23-9-14-29-27(20-23)33(15-17-36-18-16-33)31(22-7-8-22)38(29,19-3-6-30(39)40)44(42,43)26-12-10-25(35)11-13-26/h1-2,4-5,9-14,20,22,31,36H,3,6-8,15-19,21H2,(H-,37,39,40,41)/p+1. The van der Waals surface area contributed by atoms with Crippen LogP contribution in [0.3, 0.4) is 0 Å². The number of carboxylic acids is 1. The molecule has 232 valence electrons. The van der Waals surface area contributed by atoms with Crippen LogP contribution in [0.1, 0.15) is 60.0 Å². The topological polar surface area (TPSA) is 113 Å². The second-order valence-corrected chi connectivity index (χ2v) is 14.6. The second kappa shape index (κ2) is 11.9. The van der Waals surface area contributed by atoms with Crippen LogP contribution in [0.15, 0.2) is 71.6 Å². The summed E-state index contributed by atoms with van der Waals surface area (Å²) in [6, 6.07) is 17.1. The Morgan fingerprint density at radius 3 is 2.41 bits per heavy atom. The molecule has 1 amide bonds. The molecule has 6 rings (SSSR count). The summed E-state index contributed by atoms with van der Waals surface area (Å²) in [5, 5.41) is 16.5. The third kappa shape index (κ3) is 5.21. The van der Waals surface area contributed by atoms with Crippen LogP contribution < -0.4 is 14.5 Å². The third-order valence-corrected chi connectivity index (χ3v) is 12.3. The monoisotopic (exact) mass is 640 g/mol. The van der Waals surface area contributed by atoms with Gasteiger partial charge in [0.05, 0.1) is 18.4 Å². The lowest BCUT2D eigenvalue weighted by Crippen LogP contribution is -2.65. The van der Waals surface area contributed by atoms with E-state index in [-0.39, 0.29) is 48.7 Å². The Bertz CT molecular complexity index is 1690. The van der Waals surface area contributed by atoms with Gasteiger partial charge in [0, 0.05) is 41.1 Å². The lowest BCUT2D eigenvalue weighted by atomic mass is 9.68. The lowest BCUT2D eigenvalue weighted by molar-refractivity contribution is -0.137. The molecule has 3 aromatic rings. The minimum atomic E-state index is -4.20. The number of nitrogens with one attached hydrogen (secondary N) is 2. The maximum Gasteiger partial charge on any atom is 0.332 e. The fourth-order valence-corrected chi connectivity index (χ4v) is 10.1. The predicted octanol–water partition coefficient (Wildman–Crippen LogP) is 5.38. The van der Waals surface area contributed by atoms with Crippen molar-refractivity contribution in [3.63, 3.8) is 0 Å². The Morgan fingerprint density at radius 2 is 1.75 bits per heavy atom. The van der Waals surface area contributed by atoms with E-state index in [4.69, 9.17) is 11.6 Å². The highest BCUT2D eigenvalue weighted by atomic mass is 35.5. The Kier molecular flexibility index (Phi) is 8.30. The first kappa shape index (κ1) is 30.7. The van der Waals surface area contributed by atoms with E-state index in [0.29, 0.717) is 42.2 Å². The first-order valence-corrected chi connectivity index (χ1v) is 16.9. The summed E-state index contributed by atoms with van der Waals surface area (Å²) in [5.74, 6) is -1.72. The number of carbonyl (C=O) groups excluding carboxylic acids is 1.